The van der Waals surface area contributed by atoms with Gasteiger partial charge in [0.1, 0.15) is 18.7 Å². The Morgan fingerprint density at radius 3 is 2.18 bits per heavy atom. The van der Waals surface area contributed by atoms with Crippen molar-refractivity contribution in [3.8, 4) is 0 Å². The minimum atomic E-state index is -0.982. The number of nitrogens with one attached hydrogen (secondary N) is 4. The van der Waals surface area contributed by atoms with Crippen LogP contribution in [0.5, 0.6) is 0 Å². The molecule has 4 N–H and O–H groups in total. The molecule has 0 unspecified atom stereocenters. The van der Waals surface area contributed by atoms with Gasteiger partial charge < -0.3 is 26.0 Å². The lowest BCUT2D eigenvalue weighted by atomic mass is 9.86. The van der Waals surface area contributed by atoms with Crippen LogP contribution in [0.25, 0.3) is 0 Å². The third-order valence-corrected chi connectivity index (χ3v) is 7.11. The molecule has 11 heteroatoms. The largest absolute Gasteiger partial charge is 0.445 e. The average molecular weight is 547 g/mol. The maximum Gasteiger partial charge on any atom is 0.408 e. The number of carbonyl (C=O) groups is 5. The van der Waals surface area contributed by atoms with E-state index in [4.69, 9.17) is 4.74 Å². The van der Waals surface area contributed by atoms with Gasteiger partial charge in [-0.1, -0.05) is 63.9 Å². The van der Waals surface area contributed by atoms with Gasteiger partial charge in [-0.15, -0.1) is 12.6 Å². The summed E-state index contributed by atoms with van der Waals surface area (Å²) >= 11 is 3.91. The minimum absolute atomic E-state index is 0.0516. The summed E-state index contributed by atoms with van der Waals surface area (Å²) in [6.45, 7) is 5.98. The highest BCUT2D eigenvalue weighted by molar-refractivity contribution is 7.96. The van der Waals surface area contributed by atoms with Crippen molar-refractivity contribution in [2.75, 3.05) is 6.54 Å². The molecule has 2 aliphatic rings. The van der Waals surface area contributed by atoms with Crippen molar-refractivity contribution in [2.45, 2.75) is 77.6 Å². The van der Waals surface area contributed by atoms with E-state index >= 15 is 0 Å². The van der Waals surface area contributed by atoms with Crippen LogP contribution in [0.4, 0.5) is 4.79 Å². The summed E-state index contributed by atoms with van der Waals surface area (Å²) in [5, 5.41) is 10.3. The van der Waals surface area contributed by atoms with E-state index in [2.05, 4.69) is 33.9 Å². The van der Waals surface area contributed by atoms with Gasteiger partial charge in [-0.05, 0) is 36.2 Å². The van der Waals surface area contributed by atoms with Gasteiger partial charge in [-0.3, -0.25) is 19.2 Å². The molecule has 1 heterocycles. The van der Waals surface area contributed by atoms with Crippen LogP contribution in [-0.4, -0.2) is 53.6 Å². The highest BCUT2D eigenvalue weighted by atomic mass is 32.1. The summed E-state index contributed by atoms with van der Waals surface area (Å²) < 4.78 is 5.29. The Hall–Kier alpha value is -3.08. The molecule has 0 aromatic heterocycles. The Kier molecular flexibility index (Phi) is 10.2. The van der Waals surface area contributed by atoms with Crippen molar-refractivity contribution in [2.24, 2.45) is 17.3 Å². The molecule has 4 amide bonds. The van der Waals surface area contributed by atoms with E-state index in [0.717, 1.165) is 18.4 Å². The number of carbonyl (C=O) groups excluding carboxylic acids is 5. The van der Waals surface area contributed by atoms with E-state index in [-0.39, 0.29) is 30.8 Å². The molecule has 208 valence electrons. The van der Waals surface area contributed by atoms with E-state index in [0.29, 0.717) is 19.4 Å². The normalized spacial score (nSPS) is 19.5. The van der Waals surface area contributed by atoms with Gasteiger partial charge >= 0.3 is 6.09 Å². The molecule has 0 bridgehead atoms. The van der Waals surface area contributed by atoms with Crippen molar-refractivity contribution >= 4 is 41.6 Å². The first kappa shape index (κ1) is 29.5. The van der Waals surface area contributed by atoms with Crippen LogP contribution >= 0.6 is 12.6 Å². The fourth-order valence-electron chi connectivity index (χ4n) is 4.38. The van der Waals surface area contributed by atoms with Gasteiger partial charge in [-0.2, -0.15) is 0 Å². The van der Waals surface area contributed by atoms with Gasteiger partial charge in [0.15, 0.2) is 0 Å². The predicted octanol–water partition coefficient (Wildman–Crippen LogP) is 2.08. The molecule has 1 aliphatic carbocycles. The lowest BCUT2D eigenvalue weighted by molar-refractivity contribution is -0.132. The quantitative estimate of drug-likeness (QED) is 0.254. The number of rotatable bonds is 12. The number of hydrogen-bond donors (Lipinski definition) is 5. The molecule has 38 heavy (non-hydrogen) atoms. The van der Waals surface area contributed by atoms with Crippen LogP contribution in [0.1, 0.15) is 58.4 Å². The first-order valence-corrected chi connectivity index (χ1v) is 13.5. The molecule has 4 atom stereocenters. The van der Waals surface area contributed by atoms with E-state index < -0.39 is 46.6 Å². The van der Waals surface area contributed by atoms with E-state index in [1.165, 1.54) is 0 Å². The summed E-state index contributed by atoms with van der Waals surface area (Å²) in [6, 6.07) is 6.33. The van der Waals surface area contributed by atoms with Crippen molar-refractivity contribution < 1.29 is 28.7 Å². The Morgan fingerprint density at radius 1 is 0.974 bits per heavy atom. The second-order valence-corrected chi connectivity index (χ2v) is 11.6. The standard InChI is InChI=1S/C27H38N4O6S/c1-27(2,3)21(31-26(36)37-15-17-7-5-4-6-8-17)24(34)29-19(13-16-9-10-16)23(33)30-20(25(35)38)14-18-11-12-28-22(18)32/h4-8,16,18-21H,9-15H2,1-3H3,(H,28,32)(H,29,34)(H,30,33)(H,31,36)(H,35,38)/t18-,19-,20-,21+/m0/s1. The first-order chi connectivity index (χ1) is 17.9. The van der Waals surface area contributed by atoms with Gasteiger partial charge in [0.05, 0.1) is 6.04 Å². The maximum absolute atomic E-state index is 13.4. The first-order valence-electron chi connectivity index (χ1n) is 13.0. The fraction of sp³-hybridized carbons (Fsp3) is 0.593. The van der Waals surface area contributed by atoms with Crippen molar-refractivity contribution in [1.82, 2.24) is 21.3 Å². The van der Waals surface area contributed by atoms with Crippen molar-refractivity contribution in [1.29, 1.82) is 0 Å². The summed E-state index contributed by atoms with van der Waals surface area (Å²) in [4.78, 5) is 63.2. The Bertz CT molecular complexity index is 1020. The number of benzene rings is 1. The Labute approximate surface area is 228 Å². The molecule has 1 aromatic carbocycles. The molecule has 2 fully saturated rings. The molecule has 10 nitrogen and oxygen atoms in total. The topological polar surface area (TPSA) is 143 Å². The number of thiol groups is 1. The van der Waals surface area contributed by atoms with Gasteiger partial charge in [0, 0.05) is 12.5 Å². The summed E-state index contributed by atoms with van der Waals surface area (Å²) in [7, 11) is 0. The second-order valence-electron chi connectivity index (χ2n) is 11.2. The number of amides is 4. The molecule has 0 radical (unpaired) electrons. The molecular formula is C27H38N4O6S. The van der Waals surface area contributed by atoms with E-state index in [1.807, 2.05) is 30.3 Å². The molecule has 1 saturated carbocycles. The number of hydrogen-bond acceptors (Lipinski definition) is 6. The molecule has 1 saturated heterocycles. The lowest BCUT2D eigenvalue weighted by Gasteiger charge is -2.31. The highest BCUT2D eigenvalue weighted by Crippen LogP contribution is 2.34. The van der Waals surface area contributed by atoms with Crippen LogP contribution in [0, 0.1) is 17.3 Å². The van der Waals surface area contributed by atoms with Crippen LogP contribution < -0.4 is 21.3 Å². The summed E-state index contributed by atoms with van der Waals surface area (Å²) in [5.74, 6) is -1.30. The highest BCUT2D eigenvalue weighted by Gasteiger charge is 2.38. The van der Waals surface area contributed by atoms with Gasteiger partial charge in [0.2, 0.25) is 22.8 Å². The van der Waals surface area contributed by atoms with E-state index in [1.54, 1.807) is 20.8 Å². The molecule has 1 aromatic rings. The minimum Gasteiger partial charge on any atom is -0.445 e. The molecular weight excluding hydrogens is 508 g/mol. The van der Waals surface area contributed by atoms with E-state index in [9.17, 15) is 24.0 Å². The molecule has 1 aliphatic heterocycles. The zero-order valence-electron chi connectivity index (χ0n) is 22.1. The average Bonchev–Trinajstić information content (AvgIpc) is 3.59. The Balaban J connectivity index is 1.64. The zero-order valence-corrected chi connectivity index (χ0v) is 23.0. The van der Waals surface area contributed by atoms with Crippen LogP contribution in [-0.2, 0) is 30.5 Å². The fourth-order valence-corrected chi connectivity index (χ4v) is 4.55. The predicted molar refractivity (Wildman–Crippen MR) is 144 cm³/mol. The monoisotopic (exact) mass is 546 g/mol. The second kappa shape index (κ2) is 13.1. The zero-order chi connectivity index (χ0) is 27.9. The SMILES string of the molecule is CC(C)(C)[C@H](NC(=O)OCc1ccccc1)C(=O)N[C@@H](CC1CC1)C(=O)N[C@@H](C[C@@H]1CCNC1=O)C(=O)S. The molecule has 3 rings (SSSR count). The van der Waals surface area contributed by atoms with Crippen LogP contribution in [0.3, 0.4) is 0 Å². The van der Waals surface area contributed by atoms with Crippen LogP contribution in [0.15, 0.2) is 30.3 Å². The smallest absolute Gasteiger partial charge is 0.408 e. The lowest BCUT2D eigenvalue weighted by Crippen LogP contribution is -2.59. The van der Waals surface area contributed by atoms with Crippen molar-refractivity contribution in [3.05, 3.63) is 35.9 Å². The van der Waals surface area contributed by atoms with Gasteiger partial charge in [0.25, 0.3) is 0 Å². The number of ether oxygens (including phenoxy) is 1. The third-order valence-electron chi connectivity index (χ3n) is 6.80. The Morgan fingerprint density at radius 2 is 1.63 bits per heavy atom. The van der Waals surface area contributed by atoms with Crippen LogP contribution in [0.2, 0.25) is 0 Å². The van der Waals surface area contributed by atoms with Gasteiger partial charge in [-0.25, -0.2) is 4.79 Å². The number of alkyl carbamates (subject to hydrolysis) is 1. The maximum atomic E-state index is 13.4. The molecule has 0 spiro atoms. The van der Waals surface area contributed by atoms with Crippen molar-refractivity contribution in [3.63, 3.8) is 0 Å². The third kappa shape index (κ3) is 9.04. The summed E-state index contributed by atoms with van der Waals surface area (Å²) in [5.41, 5.74) is 0.125. The summed E-state index contributed by atoms with van der Waals surface area (Å²) in [6.07, 6.45) is 2.28.